The van der Waals surface area contributed by atoms with E-state index in [9.17, 15) is 14.7 Å². The van der Waals surface area contributed by atoms with Gasteiger partial charge in [-0.1, -0.05) is 53.3 Å². The molecule has 0 radical (unpaired) electrons. The van der Waals surface area contributed by atoms with Gasteiger partial charge in [0.2, 0.25) is 0 Å². The third-order valence-corrected chi connectivity index (χ3v) is 6.82. The van der Waals surface area contributed by atoms with E-state index in [0.717, 1.165) is 21.3 Å². The zero-order valence-electron chi connectivity index (χ0n) is 18.7. The number of halogens is 1. The second-order valence-electron chi connectivity index (χ2n) is 7.89. The fraction of sp³-hybridized carbons (Fsp3) is 0.160. The highest BCUT2D eigenvalue weighted by Gasteiger charge is 2.46. The summed E-state index contributed by atoms with van der Waals surface area (Å²) in [6.07, 6.45) is 0. The molecule has 3 heterocycles. The van der Waals surface area contributed by atoms with Crippen LogP contribution < -0.4 is 4.90 Å². The first-order valence-electron chi connectivity index (χ1n) is 10.8. The predicted octanol–water partition coefficient (Wildman–Crippen LogP) is 5.18. The zero-order chi connectivity index (χ0) is 24.7. The molecule has 1 atom stereocenters. The first-order chi connectivity index (χ1) is 16.9. The molecule has 8 nitrogen and oxygen atoms in total. The maximum atomic E-state index is 13.2. The number of carbonyl (C=O) groups is 2. The summed E-state index contributed by atoms with van der Waals surface area (Å²) in [5.41, 5.74) is 3.66. The Hall–Kier alpha value is -3.82. The summed E-state index contributed by atoms with van der Waals surface area (Å²) in [4.78, 5) is 32.0. The molecule has 1 aliphatic rings. The number of amides is 1. The SMILES string of the molecule is CCOC(=O)C1=C(O)C(=O)N(c2nc3ccc(C)cc3s2)C1c1ccc(-c2ccc(Cl)nn2)cc1. The Balaban J connectivity index is 1.60. The predicted molar refractivity (Wildman–Crippen MR) is 133 cm³/mol. The number of aromatic nitrogens is 3. The van der Waals surface area contributed by atoms with Crippen molar-refractivity contribution in [3.05, 3.63) is 82.2 Å². The Morgan fingerprint density at radius 3 is 2.60 bits per heavy atom. The number of hydrogen-bond acceptors (Lipinski definition) is 8. The number of fused-ring (bicyclic) bond motifs is 1. The molecule has 1 aliphatic heterocycles. The van der Waals surface area contributed by atoms with Gasteiger partial charge in [0.05, 0.1) is 22.5 Å². The number of aliphatic hydroxyl groups is 1. The van der Waals surface area contributed by atoms with Gasteiger partial charge < -0.3 is 9.84 Å². The Morgan fingerprint density at radius 1 is 1.14 bits per heavy atom. The summed E-state index contributed by atoms with van der Waals surface area (Å²) in [6, 6.07) is 15.4. The van der Waals surface area contributed by atoms with Crippen molar-refractivity contribution in [2.45, 2.75) is 19.9 Å². The maximum absolute atomic E-state index is 13.2. The molecule has 1 N–H and O–H groups in total. The number of nitrogens with zero attached hydrogens (tertiary/aromatic N) is 4. The fourth-order valence-electron chi connectivity index (χ4n) is 3.96. The van der Waals surface area contributed by atoms with Crippen molar-refractivity contribution in [2.24, 2.45) is 0 Å². The lowest BCUT2D eigenvalue weighted by molar-refractivity contribution is -0.139. The van der Waals surface area contributed by atoms with Gasteiger partial charge in [-0.2, -0.15) is 0 Å². The van der Waals surface area contributed by atoms with E-state index in [2.05, 4.69) is 15.2 Å². The molecule has 2 aromatic heterocycles. The highest BCUT2D eigenvalue weighted by molar-refractivity contribution is 7.22. The number of carbonyl (C=O) groups excluding carboxylic acids is 2. The minimum Gasteiger partial charge on any atom is -0.503 e. The smallest absolute Gasteiger partial charge is 0.340 e. The lowest BCUT2D eigenvalue weighted by Crippen LogP contribution is -2.31. The van der Waals surface area contributed by atoms with Crippen LogP contribution in [0.25, 0.3) is 21.5 Å². The minimum atomic E-state index is -0.909. The maximum Gasteiger partial charge on any atom is 0.340 e. The topological polar surface area (TPSA) is 106 Å². The van der Waals surface area contributed by atoms with Gasteiger partial charge in [-0.25, -0.2) is 9.78 Å². The standard InChI is InChI=1S/C25H19ClN4O4S/c1-3-34-24(33)20-21(15-7-5-14(6-8-15)16-10-11-19(26)29-28-16)30(23(32)22(20)31)25-27-17-9-4-13(2)12-18(17)35-25/h4-12,21,31H,3H2,1-2H3. The van der Waals surface area contributed by atoms with E-state index in [1.165, 1.54) is 16.2 Å². The summed E-state index contributed by atoms with van der Waals surface area (Å²) in [6.45, 7) is 3.74. The minimum absolute atomic E-state index is 0.102. The number of aliphatic hydroxyl groups excluding tert-OH is 1. The van der Waals surface area contributed by atoms with E-state index in [4.69, 9.17) is 16.3 Å². The van der Waals surface area contributed by atoms with Crippen LogP contribution in [0.2, 0.25) is 5.15 Å². The average molecular weight is 507 g/mol. The fourth-order valence-corrected chi connectivity index (χ4v) is 5.16. The first kappa shape index (κ1) is 22.9. The van der Waals surface area contributed by atoms with Gasteiger partial charge in [0, 0.05) is 5.56 Å². The largest absolute Gasteiger partial charge is 0.503 e. The van der Waals surface area contributed by atoms with Crippen LogP contribution in [0, 0.1) is 6.92 Å². The molecule has 0 saturated heterocycles. The molecule has 10 heteroatoms. The van der Waals surface area contributed by atoms with E-state index in [1.54, 1.807) is 43.3 Å². The summed E-state index contributed by atoms with van der Waals surface area (Å²) in [7, 11) is 0. The molecule has 1 unspecified atom stereocenters. The lowest BCUT2D eigenvalue weighted by atomic mass is 9.97. The highest BCUT2D eigenvalue weighted by atomic mass is 35.5. The Morgan fingerprint density at radius 2 is 1.91 bits per heavy atom. The summed E-state index contributed by atoms with van der Waals surface area (Å²) < 4.78 is 6.07. The molecule has 176 valence electrons. The second kappa shape index (κ2) is 9.09. The second-order valence-corrected chi connectivity index (χ2v) is 9.29. The molecule has 0 spiro atoms. The lowest BCUT2D eigenvalue weighted by Gasteiger charge is -2.24. The van der Waals surface area contributed by atoms with Gasteiger partial charge in [0.25, 0.3) is 5.91 Å². The Kier molecular flexibility index (Phi) is 5.96. The molecule has 0 fully saturated rings. The van der Waals surface area contributed by atoms with Crippen LogP contribution >= 0.6 is 22.9 Å². The normalized spacial score (nSPS) is 15.8. The van der Waals surface area contributed by atoms with Crippen molar-refractivity contribution < 1.29 is 19.4 Å². The summed E-state index contributed by atoms with van der Waals surface area (Å²) in [5, 5.41) is 19.3. The first-order valence-corrected chi connectivity index (χ1v) is 12.0. The van der Waals surface area contributed by atoms with Crippen LogP contribution in [0.4, 0.5) is 5.13 Å². The molecular weight excluding hydrogens is 488 g/mol. The monoisotopic (exact) mass is 506 g/mol. The van der Waals surface area contributed by atoms with Gasteiger partial charge in [-0.05, 0) is 49.2 Å². The number of anilines is 1. The van der Waals surface area contributed by atoms with Gasteiger partial charge >= 0.3 is 5.97 Å². The molecule has 1 amide bonds. The molecule has 2 aromatic carbocycles. The van der Waals surface area contributed by atoms with Gasteiger partial charge in [-0.15, -0.1) is 10.2 Å². The number of benzene rings is 2. The van der Waals surface area contributed by atoms with Gasteiger partial charge in [0.15, 0.2) is 16.0 Å². The molecular formula is C25H19ClN4O4S. The van der Waals surface area contributed by atoms with Crippen molar-refractivity contribution in [1.29, 1.82) is 0 Å². The molecule has 35 heavy (non-hydrogen) atoms. The Bertz CT molecular complexity index is 1480. The molecule has 0 aliphatic carbocycles. The van der Waals surface area contributed by atoms with Crippen LogP contribution in [-0.4, -0.2) is 38.8 Å². The highest BCUT2D eigenvalue weighted by Crippen LogP contribution is 2.43. The van der Waals surface area contributed by atoms with Crippen LogP contribution in [0.5, 0.6) is 0 Å². The van der Waals surface area contributed by atoms with Crippen LogP contribution in [-0.2, 0) is 14.3 Å². The van der Waals surface area contributed by atoms with Crippen molar-refractivity contribution in [3.8, 4) is 11.3 Å². The number of aryl methyl sites for hydroxylation is 1. The van der Waals surface area contributed by atoms with E-state index in [-0.39, 0.29) is 17.3 Å². The van der Waals surface area contributed by atoms with E-state index >= 15 is 0 Å². The summed E-state index contributed by atoms with van der Waals surface area (Å²) >= 11 is 7.15. The molecule has 0 saturated carbocycles. The van der Waals surface area contributed by atoms with Crippen LogP contribution in [0.3, 0.4) is 0 Å². The van der Waals surface area contributed by atoms with Crippen molar-refractivity contribution >= 4 is 50.2 Å². The number of esters is 1. The van der Waals surface area contributed by atoms with Crippen LogP contribution in [0.1, 0.15) is 24.1 Å². The average Bonchev–Trinajstić information content (AvgIpc) is 3.37. The summed E-state index contributed by atoms with van der Waals surface area (Å²) in [5.74, 6) is -2.10. The Labute approximate surface area is 209 Å². The van der Waals surface area contributed by atoms with Gasteiger partial charge in [-0.3, -0.25) is 9.69 Å². The molecule has 4 aromatic rings. The zero-order valence-corrected chi connectivity index (χ0v) is 20.3. The number of hydrogen-bond donors (Lipinski definition) is 1. The van der Waals surface area contributed by atoms with E-state index in [1.807, 2.05) is 25.1 Å². The van der Waals surface area contributed by atoms with Crippen molar-refractivity contribution in [1.82, 2.24) is 15.2 Å². The van der Waals surface area contributed by atoms with Crippen LogP contribution in [0.15, 0.2) is 65.9 Å². The van der Waals surface area contributed by atoms with E-state index < -0.39 is 23.7 Å². The molecule has 0 bridgehead atoms. The van der Waals surface area contributed by atoms with E-state index in [0.29, 0.717) is 16.4 Å². The molecule has 5 rings (SSSR count). The third kappa shape index (κ3) is 4.13. The third-order valence-electron chi connectivity index (χ3n) is 5.60. The van der Waals surface area contributed by atoms with Gasteiger partial charge in [0.1, 0.15) is 11.6 Å². The number of ether oxygens (including phenoxy) is 1. The quantitative estimate of drug-likeness (QED) is 0.372. The number of rotatable bonds is 5. The van der Waals surface area contributed by atoms with Crippen molar-refractivity contribution in [3.63, 3.8) is 0 Å². The number of thiazole rings is 1. The van der Waals surface area contributed by atoms with Crippen molar-refractivity contribution in [2.75, 3.05) is 11.5 Å².